The van der Waals surface area contributed by atoms with Gasteiger partial charge in [-0.1, -0.05) is 0 Å². The molecule has 0 spiro atoms. The minimum absolute atomic E-state index is 0.139. The quantitative estimate of drug-likeness (QED) is 0.757. The molecule has 2 N–H and O–H groups in total. The van der Waals surface area contributed by atoms with Gasteiger partial charge in [0.1, 0.15) is 16.9 Å². The number of fused-ring (bicyclic) bond motifs is 1. The van der Waals surface area contributed by atoms with E-state index >= 15 is 4.39 Å². The van der Waals surface area contributed by atoms with Gasteiger partial charge in [-0.25, -0.2) is 9.18 Å². The van der Waals surface area contributed by atoms with Gasteiger partial charge in [-0.15, -0.1) is 0 Å². The van der Waals surface area contributed by atoms with Gasteiger partial charge in [-0.2, -0.15) is 13.2 Å². The summed E-state index contributed by atoms with van der Waals surface area (Å²) in [5.74, 6) is -2.74. The fraction of sp³-hybridized carbons (Fsp3) is 0.474. The first-order valence-electron chi connectivity index (χ1n) is 9.29. The highest BCUT2D eigenvalue weighted by Crippen LogP contribution is 2.46. The number of carbonyl (C=O) groups is 1. The van der Waals surface area contributed by atoms with Crippen molar-refractivity contribution in [1.82, 2.24) is 9.88 Å². The van der Waals surface area contributed by atoms with Crippen LogP contribution in [-0.2, 0) is 6.18 Å². The van der Waals surface area contributed by atoms with Crippen LogP contribution in [0, 0.1) is 5.82 Å². The summed E-state index contributed by atoms with van der Waals surface area (Å²) in [4.78, 5) is 25.4. The van der Waals surface area contributed by atoms with Crippen LogP contribution in [0.2, 0.25) is 0 Å². The lowest BCUT2D eigenvalue weighted by molar-refractivity contribution is -0.136. The number of aromatic nitrogens is 1. The standard InChI is InChI=1S/C19H19F4N3O3/c1-9-7-25(5-4-24-9)16-13(20)6-11-15(14(16)19(21,22)23)26(10-2-3-10)8-12(17(11)27)18(28)29/h6,8-10,24H,2-5,7H2,1H3,(H,28,29)/t9-/m1/s1. The number of carboxylic acids is 1. The van der Waals surface area contributed by atoms with Crippen LogP contribution in [0.3, 0.4) is 0 Å². The molecular formula is C19H19F4N3O3. The Morgan fingerprint density at radius 2 is 2.00 bits per heavy atom. The maximum atomic E-state index is 15.0. The zero-order chi connectivity index (χ0) is 21.1. The summed E-state index contributed by atoms with van der Waals surface area (Å²) in [6.45, 7) is 2.53. The lowest BCUT2D eigenvalue weighted by Gasteiger charge is -2.36. The number of alkyl halides is 3. The van der Waals surface area contributed by atoms with E-state index in [0.717, 1.165) is 12.3 Å². The SMILES string of the molecule is C[C@@H]1CN(c2c(F)cc3c(=O)c(C(=O)O)cn(C4CC4)c3c2C(F)(F)F)CCN1. The lowest BCUT2D eigenvalue weighted by Crippen LogP contribution is -2.50. The number of nitrogens with one attached hydrogen (secondary N) is 1. The third-order valence-electron chi connectivity index (χ3n) is 5.38. The Hall–Kier alpha value is -2.62. The largest absolute Gasteiger partial charge is 0.477 e. The van der Waals surface area contributed by atoms with Crippen LogP contribution >= 0.6 is 0 Å². The molecule has 1 saturated heterocycles. The van der Waals surface area contributed by atoms with E-state index in [-0.39, 0.29) is 25.2 Å². The Kier molecular flexibility index (Phi) is 4.56. The van der Waals surface area contributed by atoms with Crippen molar-refractivity contribution in [1.29, 1.82) is 0 Å². The van der Waals surface area contributed by atoms with E-state index in [9.17, 15) is 27.9 Å². The van der Waals surface area contributed by atoms with Crippen LogP contribution in [0.4, 0.5) is 23.2 Å². The molecule has 6 nitrogen and oxygen atoms in total. The molecule has 0 unspecified atom stereocenters. The number of hydrogen-bond donors (Lipinski definition) is 2. The van der Waals surface area contributed by atoms with Gasteiger partial charge in [0.2, 0.25) is 5.43 Å². The number of carboxylic acid groups (broad SMARTS) is 1. The Morgan fingerprint density at radius 1 is 1.31 bits per heavy atom. The Labute approximate surface area is 162 Å². The third kappa shape index (κ3) is 3.35. The summed E-state index contributed by atoms with van der Waals surface area (Å²) in [5.41, 5.74) is -4.04. The maximum Gasteiger partial charge on any atom is 0.420 e. The highest BCUT2D eigenvalue weighted by Gasteiger charge is 2.42. The second-order valence-electron chi connectivity index (χ2n) is 7.59. The summed E-state index contributed by atoms with van der Waals surface area (Å²) in [7, 11) is 0. The van der Waals surface area contributed by atoms with Crippen LogP contribution in [0.25, 0.3) is 10.9 Å². The predicted molar refractivity (Wildman–Crippen MR) is 98.1 cm³/mol. The molecule has 0 amide bonds. The summed E-state index contributed by atoms with van der Waals surface area (Å²) in [6, 6.07) is 0.262. The topological polar surface area (TPSA) is 74.6 Å². The van der Waals surface area contributed by atoms with Gasteiger partial charge in [0.05, 0.1) is 16.6 Å². The van der Waals surface area contributed by atoms with Crippen LogP contribution < -0.4 is 15.6 Å². The highest BCUT2D eigenvalue weighted by molar-refractivity contribution is 5.95. The van der Waals surface area contributed by atoms with E-state index in [2.05, 4.69) is 5.32 Å². The molecule has 4 rings (SSSR count). The predicted octanol–water partition coefficient (Wildman–Crippen LogP) is 2.99. The van der Waals surface area contributed by atoms with Gasteiger partial charge < -0.3 is 19.9 Å². The molecule has 2 aliphatic rings. The molecule has 1 aromatic carbocycles. The molecule has 2 heterocycles. The fourth-order valence-electron chi connectivity index (χ4n) is 3.98. The molecule has 0 bridgehead atoms. The molecule has 1 aliphatic carbocycles. The number of benzene rings is 1. The minimum atomic E-state index is -4.93. The second kappa shape index (κ2) is 6.72. The molecule has 2 aromatic rings. The van der Waals surface area contributed by atoms with Crippen molar-refractivity contribution < 1.29 is 27.5 Å². The van der Waals surface area contributed by atoms with Crippen LogP contribution in [0.15, 0.2) is 17.1 Å². The number of nitrogens with zero attached hydrogens (tertiary/aromatic N) is 2. The number of piperazine rings is 1. The molecule has 1 atom stereocenters. The summed E-state index contributed by atoms with van der Waals surface area (Å²) in [6.07, 6.45) is -2.85. The molecule has 1 aromatic heterocycles. The van der Waals surface area contributed by atoms with E-state index in [1.165, 1.54) is 9.47 Å². The summed E-state index contributed by atoms with van der Waals surface area (Å²) >= 11 is 0. The molecule has 1 aliphatic heterocycles. The third-order valence-corrected chi connectivity index (χ3v) is 5.38. The zero-order valence-electron chi connectivity index (χ0n) is 15.5. The number of anilines is 1. The minimum Gasteiger partial charge on any atom is -0.477 e. The van der Waals surface area contributed by atoms with Gasteiger partial charge in [0, 0.05) is 37.9 Å². The first-order chi connectivity index (χ1) is 13.6. The second-order valence-corrected chi connectivity index (χ2v) is 7.59. The number of halogens is 4. The van der Waals surface area contributed by atoms with Crippen molar-refractivity contribution in [2.45, 2.75) is 38.0 Å². The monoisotopic (exact) mass is 413 g/mol. The van der Waals surface area contributed by atoms with Crippen molar-refractivity contribution in [2.24, 2.45) is 0 Å². The van der Waals surface area contributed by atoms with Crippen molar-refractivity contribution in [3.8, 4) is 0 Å². The van der Waals surface area contributed by atoms with Crippen molar-refractivity contribution in [3.63, 3.8) is 0 Å². The zero-order valence-corrected chi connectivity index (χ0v) is 15.5. The normalized spacial score (nSPS) is 20.3. The summed E-state index contributed by atoms with van der Waals surface area (Å²) < 4.78 is 58.9. The van der Waals surface area contributed by atoms with Gasteiger partial charge >= 0.3 is 12.1 Å². The molecule has 0 radical (unpaired) electrons. The number of pyridine rings is 1. The Bertz CT molecular complexity index is 1060. The van der Waals surface area contributed by atoms with Gasteiger partial charge in [0.15, 0.2) is 0 Å². The molecule has 10 heteroatoms. The average molecular weight is 413 g/mol. The first-order valence-corrected chi connectivity index (χ1v) is 9.29. The van der Waals surface area contributed by atoms with Crippen LogP contribution in [0.1, 0.15) is 41.7 Å². The Morgan fingerprint density at radius 3 is 2.55 bits per heavy atom. The van der Waals surface area contributed by atoms with Gasteiger partial charge in [0.25, 0.3) is 0 Å². The molecule has 156 valence electrons. The van der Waals surface area contributed by atoms with E-state index in [1.807, 2.05) is 0 Å². The van der Waals surface area contributed by atoms with Gasteiger partial charge in [-0.05, 0) is 25.8 Å². The van der Waals surface area contributed by atoms with Crippen LogP contribution in [0.5, 0.6) is 0 Å². The molecule has 29 heavy (non-hydrogen) atoms. The number of aromatic carboxylic acids is 1. The van der Waals surface area contributed by atoms with E-state index in [0.29, 0.717) is 19.4 Å². The summed E-state index contributed by atoms with van der Waals surface area (Å²) in [5, 5.41) is 11.8. The average Bonchev–Trinajstić information content (AvgIpc) is 3.45. The van der Waals surface area contributed by atoms with Crippen molar-refractivity contribution >= 4 is 22.6 Å². The first kappa shape index (κ1) is 19.7. The Balaban J connectivity index is 2.11. The van der Waals surface area contributed by atoms with E-state index in [1.54, 1.807) is 6.92 Å². The van der Waals surface area contributed by atoms with E-state index < -0.39 is 51.1 Å². The van der Waals surface area contributed by atoms with Crippen molar-refractivity contribution in [3.05, 3.63) is 39.4 Å². The smallest absolute Gasteiger partial charge is 0.420 e. The molecule has 2 fully saturated rings. The lowest BCUT2D eigenvalue weighted by atomic mass is 10.0. The molecule has 1 saturated carbocycles. The number of rotatable bonds is 3. The maximum absolute atomic E-state index is 15.0. The van der Waals surface area contributed by atoms with E-state index in [4.69, 9.17) is 0 Å². The number of hydrogen-bond acceptors (Lipinski definition) is 4. The van der Waals surface area contributed by atoms with Crippen molar-refractivity contribution in [2.75, 3.05) is 24.5 Å². The van der Waals surface area contributed by atoms with Gasteiger partial charge in [-0.3, -0.25) is 4.79 Å². The molecular weight excluding hydrogens is 394 g/mol. The fourth-order valence-corrected chi connectivity index (χ4v) is 3.98. The van der Waals surface area contributed by atoms with Crippen LogP contribution in [-0.4, -0.2) is 41.3 Å². The highest BCUT2D eigenvalue weighted by atomic mass is 19.4.